The molecule has 0 saturated carbocycles. The van der Waals surface area contributed by atoms with E-state index in [9.17, 15) is 0 Å². The van der Waals surface area contributed by atoms with Crippen LogP contribution in [0.1, 0.15) is 18.4 Å². The summed E-state index contributed by atoms with van der Waals surface area (Å²) in [6, 6.07) is 21.1. The minimum absolute atomic E-state index is 0.946. The van der Waals surface area contributed by atoms with E-state index in [0.717, 1.165) is 25.8 Å². The van der Waals surface area contributed by atoms with Crippen LogP contribution < -0.4 is 4.90 Å². The molecule has 0 spiro atoms. The van der Waals surface area contributed by atoms with Crippen LogP contribution in [0, 0.1) is 0 Å². The average molecular weight is 291 g/mol. The summed E-state index contributed by atoms with van der Waals surface area (Å²) >= 11 is 0. The number of aryl methyl sites for hydroxylation is 1. The van der Waals surface area contributed by atoms with Crippen molar-refractivity contribution in [2.75, 3.05) is 18.5 Å². The van der Waals surface area contributed by atoms with Gasteiger partial charge in [0.2, 0.25) is 0 Å². The van der Waals surface area contributed by atoms with Crippen LogP contribution in [0.3, 0.4) is 0 Å². The number of likely N-dealkylation sites (N-methyl/N-ethyl adjacent to an activating group) is 1. The van der Waals surface area contributed by atoms with Crippen molar-refractivity contribution >= 4 is 5.69 Å². The molecule has 2 aromatic carbocycles. The molecule has 1 nitrogen and oxygen atoms in total. The van der Waals surface area contributed by atoms with Gasteiger partial charge < -0.3 is 4.90 Å². The summed E-state index contributed by atoms with van der Waals surface area (Å²) in [5.41, 5.74) is 2.66. The molecule has 0 aliphatic carbocycles. The number of allylic oxidation sites excluding steroid dienone is 3. The maximum Gasteiger partial charge on any atom is 0.0366 e. The zero-order chi connectivity index (χ0) is 15.5. The minimum Gasteiger partial charge on any atom is -0.371 e. The molecular weight excluding hydrogens is 266 g/mol. The Labute approximate surface area is 134 Å². The van der Waals surface area contributed by atoms with Crippen molar-refractivity contribution < 1.29 is 0 Å². The Kier molecular flexibility index (Phi) is 7.04. The maximum atomic E-state index is 2.28. The predicted octanol–water partition coefficient (Wildman–Crippen LogP) is 5.26. The Morgan fingerprint density at radius 3 is 2.14 bits per heavy atom. The Hall–Kier alpha value is -2.28. The second-order valence-corrected chi connectivity index (χ2v) is 5.42. The molecule has 0 saturated heterocycles. The van der Waals surface area contributed by atoms with Gasteiger partial charge in [0.25, 0.3) is 0 Å². The van der Waals surface area contributed by atoms with Gasteiger partial charge in [0.05, 0.1) is 0 Å². The van der Waals surface area contributed by atoms with Gasteiger partial charge >= 0.3 is 0 Å². The van der Waals surface area contributed by atoms with E-state index < -0.39 is 0 Å². The Bertz CT molecular complexity index is 569. The third kappa shape index (κ3) is 6.01. The summed E-state index contributed by atoms with van der Waals surface area (Å²) in [6.45, 7) is 0.946. The van der Waals surface area contributed by atoms with Gasteiger partial charge in [-0.2, -0.15) is 0 Å². The SMILES string of the molecule is CN(C/C=C\C/C=C/CCc1ccccc1)c1ccccc1. The number of hydrogen-bond acceptors (Lipinski definition) is 1. The van der Waals surface area contributed by atoms with Crippen LogP contribution in [0.2, 0.25) is 0 Å². The van der Waals surface area contributed by atoms with Crippen LogP contribution in [0.25, 0.3) is 0 Å². The van der Waals surface area contributed by atoms with E-state index >= 15 is 0 Å². The van der Waals surface area contributed by atoms with Gasteiger partial charge in [-0.05, 0) is 37.0 Å². The topological polar surface area (TPSA) is 3.24 Å². The van der Waals surface area contributed by atoms with Crippen molar-refractivity contribution in [2.45, 2.75) is 19.3 Å². The van der Waals surface area contributed by atoms with E-state index in [-0.39, 0.29) is 0 Å². The van der Waals surface area contributed by atoms with Crippen molar-refractivity contribution in [1.82, 2.24) is 0 Å². The van der Waals surface area contributed by atoms with Crippen molar-refractivity contribution in [3.05, 3.63) is 90.5 Å². The fourth-order valence-corrected chi connectivity index (χ4v) is 2.30. The molecule has 0 aliphatic heterocycles. The summed E-state index contributed by atoms with van der Waals surface area (Å²) < 4.78 is 0. The number of benzene rings is 2. The van der Waals surface area contributed by atoms with E-state index in [1.807, 2.05) is 6.07 Å². The van der Waals surface area contributed by atoms with Crippen molar-refractivity contribution in [2.24, 2.45) is 0 Å². The zero-order valence-electron chi connectivity index (χ0n) is 13.4. The molecule has 0 amide bonds. The van der Waals surface area contributed by atoms with Crippen LogP contribution in [0.5, 0.6) is 0 Å². The molecule has 0 aromatic heterocycles. The minimum atomic E-state index is 0.946. The average Bonchev–Trinajstić information content (AvgIpc) is 2.59. The molecule has 0 atom stereocenters. The Morgan fingerprint density at radius 2 is 1.41 bits per heavy atom. The molecule has 1 heteroatoms. The lowest BCUT2D eigenvalue weighted by molar-refractivity contribution is 0.995. The van der Waals surface area contributed by atoms with E-state index in [2.05, 4.69) is 90.8 Å². The second kappa shape index (κ2) is 9.62. The first-order valence-electron chi connectivity index (χ1n) is 7.96. The monoisotopic (exact) mass is 291 g/mol. The predicted molar refractivity (Wildman–Crippen MR) is 97.4 cm³/mol. The standard InChI is InChI=1S/C21H25N/c1-22(21-17-11-7-12-18-21)19-13-5-3-2-4-8-14-20-15-9-6-10-16-20/h2,4-7,9-13,15-18H,3,8,14,19H2,1H3/b4-2+,13-5-. The van der Waals surface area contributed by atoms with Gasteiger partial charge in [-0.3, -0.25) is 0 Å². The summed E-state index contributed by atoms with van der Waals surface area (Å²) in [6.07, 6.45) is 12.2. The Balaban J connectivity index is 1.61. The zero-order valence-corrected chi connectivity index (χ0v) is 13.4. The highest BCUT2D eigenvalue weighted by molar-refractivity contribution is 5.45. The summed E-state index contributed by atoms with van der Waals surface area (Å²) in [5.74, 6) is 0. The molecule has 2 rings (SSSR count). The fourth-order valence-electron chi connectivity index (χ4n) is 2.30. The first-order chi connectivity index (χ1) is 10.9. The fraction of sp³-hybridized carbons (Fsp3) is 0.238. The van der Waals surface area contributed by atoms with Crippen molar-refractivity contribution in [3.63, 3.8) is 0 Å². The van der Waals surface area contributed by atoms with Crippen molar-refractivity contribution in [3.8, 4) is 0 Å². The van der Waals surface area contributed by atoms with Gasteiger partial charge in [0, 0.05) is 19.3 Å². The number of para-hydroxylation sites is 1. The van der Waals surface area contributed by atoms with E-state index in [1.165, 1.54) is 11.3 Å². The quantitative estimate of drug-likeness (QED) is 0.600. The van der Waals surface area contributed by atoms with Gasteiger partial charge in [0.15, 0.2) is 0 Å². The molecule has 0 N–H and O–H groups in total. The summed E-state index contributed by atoms with van der Waals surface area (Å²) in [5, 5.41) is 0. The molecule has 0 fully saturated rings. The molecule has 0 aliphatic rings. The molecule has 0 bridgehead atoms. The lowest BCUT2D eigenvalue weighted by atomic mass is 10.1. The van der Waals surface area contributed by atoms with Crippen molar-refractivity contribution in [1.29, 1.82) is 0 Å². The molecule has 2 aromatic rings. The first-order valence-corrected chi connectivity index (χ1v) is 7.96. The second-order valence-electron chi connectivity index (χ2n) is 5.42. The number of nitrogens with zero attached hydrogens (tertiary/aromatic N) is 1. The van der Waals surface area contributed by atoms with Crippen LogP contribution in [-0.2, 0) is 6.42 Å². The lowest BCUT2D eigenvalue weighted by Crippen LogP contribution is -2.16. The molecule has 0 heterocycles. The van der Waals surface area contributed by atoms with Crippen LogP contribution in [-0.4, -0.2) is 13.6 Å². The van der Waals surface area contributed by atoms with Crippen LogP contribution in [0.15, 0.2) is 85.0 Å². The Morgan fingerprint density at radius 1 is 0.773 bits per heavy atom. The first kappa shape index (κ1) is 16.1. The number of hydrogen-bond donors (Lipinski definition) is 0. The molecule has 22 heavy (non-hydrogen) atoms. The molecule has 0 radical (unpaired) electrons. The number of anilines is 1. The van der Waals surface area contributed by atoms with Gasteiger partial charge in [0.1, 0.15) is 0 Å². The number of rotatable bonds is 8. The summed E-state index contributed by atoms with van der Waals surface area (Å²) in [4.78, 5) is 2.25. The third-order valence-corrected chi connectivity index (χ3v) is 3.62. The molecule has 114 valence electrons. The summed E-state index contributed by atoms with van der Waals surface area (Å²) in [7, 11) is 2.12. The molecule has 0 unspecified atom stereocenters. The highest BCUT2D eigenvalue weighted by Gasteiger charge is 1.95. The lowest BCUT2D eigenvalue weighted by Gasteiger charge is -2.16. The van der Waals surface area contributed by atoms with E-state index in [1.54, 1.807) is 0 Å². The van der Waals surface area contributed by atoms with Gasteiger partial charge in [-0.25, -0.2) is 0 Å². The normalized spacial score (nSPS) is 11.3. The molecular formula is C21H25N. The maximum absolute atomic E-state index is 2.28. The van der Waals surface area contributed by atoms with Gasteiger partial charge in [-0.1, -0.05) is 72.8 Å². The van der Waals surface area contributed by atoms with E-state index in [4.69, 9.17) is 0 Å². The van der Waals surface area contributed by atoms with E-state index in [0.29, 0.717) is 0 Å². The highest BCUT2D eigenvalue weighted by atomic mass is 15.1. The highest BCUT2D eigenvalue weighted by Crippen LogP contribution is 2.10. The van der Waals surface area contributed by atoms with Crippen LogP contribution in [0.4, 0.5) is 5.69 Å². The van der Waals surface area contributed by atoms with Crippen LogP contribution >= 0.6 is 0 Å². The largest absolute Gasteiger partial charge is 0.371 e. The third-order valence-electron chi connectivity index (χ3n) is 3.62. The van der Waals surface area contributed by atoms with Gasteiger partial charge in [-0.15, -0.1) is 0 Å². The smallest absolute Gasteiger partial charge is 0.0366 e.